The summed E-state index contributed by atoms with van der Waals surface area (Å²) >= 11 is 0. The molecular weight excluding hydrogens is 216 g/mol. The van der Waals surface area contributed by atoms with Gasteiger partial charge in [-0.1, -0.05) is 19.8 Å². The standard InChI is InChI=1S/C13H26N2O2/c1-10-6-5-7-11(8-10)14-12(16)15(4)9-13(2,3)17/h10-11,17H,5-9H2,1-4H3,(H,14,16). The molecule has 0 aromatic heterocycles. The van der Waals surface area contributed by atoms with Crippen LogP contribution >= 0.6 is 0 Å². The van der Waals surface area contributed by atoms with Gasteiger partial charge in [-0.3, -0.25) is 0 Å². The van der Waals surface area contributed by atoms with Crippen molar-refractivity contribution in [2.24, 2.45) is 5.92 Å². The van der Waals surface area contributed by atoms with E-state index < -0.39 is 5.60 Å². The molecular formula is C13H26N2O2. The molecule has 0 aliphatic heterocycles. The number of nitrogens with one attached hydrogen (secondary N) is 1. The second-order valence-corrected chi connectivity index (χ2v) is 6.09. The van der Waals surface area contributed by atoms with Gasteiger partial charge in [-0.2, -0.15) is 0 Å². The van der Waals surface area contributed by atoms with Crippen molar-refractivity contribution < 1.29 is 9.90 Å². The average molecular weight is 242 g/mol. The molecule has 0 radical (unpaired) electrons. The van der Waals surface area contributed by atoms with Gasteiger partial charge in [0.25, 0.3) is 0 Å². The molecule has 1 fully saturated rings. The SMILES string of the molecule is CC1CCCC(NC(=O)N(C)CC(C)(C)O)C1. The molecule has 4 nitrogen and oxygen atoms in total. The predicted molar refractivity (Wildman–Crippen MR) is 68.9 cm³/mol. The molecule has 2 amide bonds. The molecule has 17 heavy (non-hydrogen) atoms. The van der Waals surface area contributed by atoms with Gasteiger partial charge in [-0.05, 0) is 32.6 Å². The van der Waals surface area contributed by atoms with Crippen molar-refractivity contribution in [1.82, 2.24) is 10.2 Å². The van der Waals surface area contributed by atoms with E-state index in [4.69, 9.17) is 0 Å². The Bertz CT molecular complexity index is 261. The van der Waals surface area contributed by atoms with E-state index in [0.717, 1.165) is 12.8 Å². The zero-order valence-corrected chi connectivity index (χ0v) is 11.5. The van der Waals surface area contributed by atoms with Crippen molar-refractivity contribution in [2.45, 2.75) is 58.1 Å². The van der Waals surface area contributed by atoms with Crippen LogP contribution in [-0.4, -0.2) is 41.3 Å². The maximum absolute atomic E-state index is 11.9. The monoisotopic (exact) mass is 242 g/mol. The second-order valence-electron chi connectivity index (χ2n) is 6.09. The van der Waals surface area contributed by atoms with Crippen LogP contribution in [0, 0.1) is 5.92 Å². The molecule has 0 heterocycles. The first kappa shape index (κ1) is 14.3. The summed E-state index contributed by atoms with van der Waals surface area (Å²) < 4.78 is 0. The van der Waals surface area contributed by atoms with Crippen molar-refractivity contribution in [3.63, 3.8) is 0 Å². The highest BCUT2D eigenvalue weighted by Crippen LogP contribution is 2.23. The predicted octanol–water partition coefficient (Wildman–Crippen LogP) is 1.98. The van der Waals surface area contributed by atoms with Gasteiger partial charge >= 0.3 is 6.03 Å². The van der Waals surface area contributed by atoms with Crippen LogP contribution in [0.2, 0.25) is 0 Å². The summed E-state index contributed by atoms with van der Waals surface area (Å²) in [5, 5.41) is 12.7. The maximum atomic E-state index is 11.9. The van der Waals surface area contributed by atoms with E-state index in [1.165, 1.54) is 12.8 Å². The van der Waals surface area contributed by atoms with E-state index in [-0.39, 0.29) is 6.03 Å². The van der Waals surface area contributed by atoms with Gasteiger partial charge in [-0.25, -0.2) is 4.79 Å². The second kappa shape index (κ2) is 5.71. The molecule has 1 aliphatic carbocycles. The van der Waals surface area contributed by atoms with Gasteiger partial charge in [0.15, 0.2) is 0 Å². The summed E-state index contributed by atoms with van der Waals surface area (Å²) in [5.41, 5.74) is -0.841. The van der Waals surface area contributed by atoms with Crippen LogP contribution < -0.4 is 5.32 Å². The molecule has 100 valence electrons. The van der Waals surface area contributed by atoms with E-state index in [0.29, 0.717) is 18.5 Å². The van der Waals surface area contributed by atoms with E-state index in [1.807, 2.05) is 0 Å². The molecule has 1 saturated carbocycles. The van der Waals surface area contributed by atoms with Crippen LogP contribution in [-0.2, 0) is 0 Å². The molecule has 0 aromatic carbocycles. The molecule has 2 N–H and O–H groups in total. The first-order valence-corrected chi connectivity index (χ1v) is 6.52. The van der Waals surface area contributed by atoms with Gasteiger partial charge in [-0.15, -0.1) is 0 Å². The van der Waals surface area contributed by atoms with Crippen molar-refractivity contribution in [3.05, 3.63) is 0 Å². The zero-order chi connectivity index (χ0) is 13.1. The molecule has 0 spiro atoms. The smallest absolute Gasteiger partial charge is 0.317 e. The van der Waals surface area contributed by atoms with E-state index >= 15 is 0 Å². The minimum atomic E-state index is -0.841. The van der Waals surface area contributed by atoms with E-state index in [9.17, 15) is 9.90 Å². The Morgan fingerprint density at radius 2 is 2.12 bits per heavy atom. The Hall–Kier alpha value is -0.770. The van der Waals surface area contributed by atoms with Crippen molar-refractivity contribution in [1.29, 1.82) is 0 Å². The normalized spacial score (nSPS) is 25.5. The van der Waals surface area contributed by atoms with Crippen LogP contribution in [0.15, 0.2) is 0 Å². The molecule has 1 aliphatic rings. The highest BCUT2D eigenvalue weighted by atomic mass is 16.3. The Labute approximate surface area is 104 Å². The van der Waals surface area contributed by atoms with E-state index in [1.54, 1.807) is 25.8 Å². The summed E-state index contributed by atoms with van der Waals surface area (Å²) in [6.45, 7) is 6.00. The van der Waals surface area contributed by atoms with Crippen LogP contribution in [0.5, 0.6) is 0 Å². The number of amides is 2. The number of carbonyl (C=O) groups is 1. The quantitative estimate of drug-likeness (QED) is 0.795. The fourth-order valence-electron chi connectivity index (χ4n) is 2.50. The molecule has 4 heteroatoms. The highest BCUT2D eigenvalue weighted by molar-refractivity contribution is 5.74. The number of urea groups is 1. The highest BCUT2D eigenvalue weighted by Gasteiger charge is 2.24. The first-order chi connectivity index (χ1) is 7.78. The summed E-state index contributed by atoms with van der Waals surface area (Å²) in [6, 6.07) is 0.224. The van der Waals surface area contributed by atoms with Crippen molar-refractivity contribution in [3.8, 4) is 0 Å². The summed E-state index contributed by atoms with van der Waals surface area (Å²) in [4.78, 5) is 13.5. The lowest BCUT2D eigenvalue weighted by atomic mass is 9.87. The largest absolute Gasteiger partial charge is 0.389 e. The minimum absolute atomic E-state index is 0.0776. The lowest BCUT2D eigenvalue weighted by Gasteiger charge is -2.31. The maximum Gasteiger partial charge on any atom is 0.317 e. The molecule has 2 atom stereocenters. The third-order valence-electron chi connectivity index (χ3n) is 3.23. The van der Waals surface area contributed by atoms with Crippen LogP contribution in [0.4, 0.5) is 4.79 Å². The lowest BCUT2D eigenvalue weighted by Crippen LogP contribution is -2.48. The topological polar surface area (TPSA) is 52.6 Å². The van der Waals surface area contributed by atoms with Crippen LogP contribution in [0.3, 0.4) is 0 Å². The number of aliphatic hydroxyl groups is 1. The van der Waals surface area contributed by atoms with Crippen LogP contribution in [0.25, 0.3) is 0 Å². The fraction of sp³-hybridized carbons (Fsp3) is 0.923. The molecule has 0 bridgehead atoms. The Morgan fingerprint density at radius 3 is 2.65 bits per heavy atom. The number of carbonyl (C=O) groups excluding carboxylic acids is 1. The first-order valence-electron chi connectivity index (χ1n) is 6.52. The van der Waals surface area contributed by atoms with Crippen LogP contribution in [0.1, 0.15) is 46.5 Å². The number of hydrogen-bond donors (Lipinski definition) is 2. The number of nitrogens with zero attached hydrogens (tertiary/aromatic N) is 1. The molecule has 0 aromatic rings. The van der Waals surface area contributed by atoms with Gasteiger partial charge in [0.2, 0.25) is 0 Å². The third-order valence-corrected chi connectivity index (χ3v) is 3.23. The minimum Gasteiger partial charge on any atom is -0.389 e. The zero-order valence-electron chi connectivity index (χ0n) is 11.5. The van der Waals surface area contributed by atoms with Crippen molar-refractivity contribution in [2.75, 3.05) is 13.6 Å². The number of rotatable bonds is 3. The Balaban J connectivity index is 2.37. The summed E-state index contributed by atoms with van der Waals surface area (Å²) in [6.07, 6.45) is 4.61. The lowest BCUT2D eigenvalue weighted by molar-refractivity contribution is 0.0524. The number of likely N-dealkylation sites (N-methyl/N-ethyl adjacent to an activating group) is 1. The number of hydrogen-bond acceptors (Lipinski definition) is 2. The molecule has 1 rings (SSSR count). The Morgan fingerprint density at radius 1 is 1.47 bits per heavy atom. The third kappa shape index (κ3) is 5.39. The van der Waals surface area contributed by atoms with Crippen molar-refractivity contribution >= 4 is 6.03 Å². The average Bonchev–Trinajstić information content (AvgIpc) is 2.14. The van der Waals surface area contributed by atoms with Gasteiger partial charge in [0, 0.05) is 13.1 Å². The summed E-state index contributed by atoms with van der Waals surface area (Å²) in [5.74, 6) is 0.702. The Kier molecular flexibility index (Phi) is 4.80. The van der Waals surface area contributed by atoms with Gasteiger partial charge in [0.05, 0.1) is 12.1 Å². The molecule has 0 saturated heterocycles. The van der Waals surface area contributed by atoms with Gasteiger partial charge < -0.3 is 15.3 Å². The fourth-order valence-corrected chi connectivity index (χ4v) is 2.50. The molecule has 2 unspecified atom stereocenters. The van der Waals surface area contributed by atoms with E-state index in [2.05, 4.69) is 12.2 Å². The van der Waals surface area contributed by atoms with Gasteiger partial charge in [0.1, 0.15) is 0 Å². The summed E-state index contributed by atoms with van der Waals surface area (Å²) in [7, 11) is 1.72.